The number of rotatable bonds is 8. The van der Waals surface area contributed by atoms with Crippen molar-refractivity contribution in [3.8, 4) is 11.1 Å². The molecule has 1 N–H and O–H groups in total. The van der Waals surface area contributed by atoms with Crippen molar-refractivity contribution in [2.75, 3.05) is 11.9 Å². The zero-order valence-electron chi connectivity index (χ0n) is 19.0. The Balaban J connectivity index is 1.77. The molecule has 7 heteroatoms. The van der Waals surface area contributed by atoms with Gasteiger partial charge in [-0.25, -0.2) is 4.79 Å². The summed E-state index contributed by atoms with van der Waals surface area (Å²) in [5, 5.41) is 3.69. The Hall–Kier alpha value is -3.51. The van der Waals surface area contributed by atoms with Gasteiger partial charge in [0, 0.05) is 17.1 Å². The topological polar surface area (TPSA) is 55.4 Å². The zero-order valence-corrected chi connectivity index (χ0v) is 19.8. The lowest BCUT2D eigenvalue weighted by Gasteiger charge is -2.37. The van der Waals surface area contributed by atoms with Crippen molar-refractivity contribution in [3.05, 3.63) is 102 Å². The summed E-state index contributed by atoms with van der Waals surface area (Å²) in [4.78, 5) is 25.5. The number of hydrogen-bond donors (Lipinski definition) is 1. The van der Waals surface area contributed by atoms with E-state index in [9.17, 15) is 9.59 Å². The number of allylic oxidation sites excluding steroid dienone is 1. The molecule has 0 amide bonds. The summed E-state index contributed by atoms with van der Waals surface area (Å²) in [5.74, 6) is -6.04. The molecule has 35 heavy (non-hydrogen) atoms. The lowest BCUT2D eigenvalue weighted by atomic mass is 9.70. The summed E-state index contributed by atoms with van der Waals surface area (Å²) in [6.07, 6.45) is 1.81. The van der Waals surface area contributed by atoms with E-state index in [1.165, 1.54) is 13.0 Å². The molecule has 180 valence electrons. The minimum Gasteiger partial charge on any atom is -0.462 e. The third kappa shape index (κ3) is 4.98. The Labute approximate surface area is 207 Å². The van der Waals surface area contributed by atoms with E-state index in [0.717, 1.165) is 11.1 Å². The second kappa shape index (κ2) is 10.0. The molecule has 0 saturated heterocycles. The Kier molecular flexibility index (Phi) is 7.03. The third-order valence-corrected chi connectivity index (χ3v) is 6.41. The Morgan fingerprint density at radius 3 is 2.26 bits per heavy atom. The van der Waals surface area contributed by atoms with Gasteiger partial charge in [-0.05, 0) is 54.0 Å². The van der Waals surface area contributed by atoms with Crippen LogP contribution in [0.2, 0.25) is 5.02 Å². The SMILES string of the molecule is CCOC(=O)C(F)(F)C[C@]1(c2ccc(-c3ccccc3)cc2)C(=O)C=C[C@H]1Nc1ccc(Cl)cc1. The number of hydrogen-bond acceptors (Lipinski definition) is 4. The maximum Gasteiger partial charge on any atom is 0.377 e. The molecule has 3 aromatic carbocycles. The molecule has 1 aliphatic rings. The molecule has 1 aliphatic carbocycles. The van der Waals surface area contributed by atoms with Crippen LogP contribution in [-0.4, -0.2) is 30.3 Å². The molecule has 0 bridgehead atoms. The van der Waals surface area contributed by atoms with E-state index >= 15 is 8.78 Å². The predicted molar refractivity (Wildman–Crippen MR) is 133 cm³/mol. The molecule has 0 unspecified atom stereocenters. The van der Waals surface area contributed by atoms with Crippen LogP contribution in [-0.2, 0) is 19.7 Å². The highest BCUT2D eigenvalue weighted by Gasteiger charge is 2.57. The van der Waals surface area contributed by atoms with Gasteiger partial charge in [0.2, 0.25) is 0 Å². The van der Waals surface area contributed by atoms with Crippen molar-refractivity contribution >= 4 is 29.0 Å². The van der Waals surface area contributed by atoms with E-state index in [1.807, 2.05) is 30.3 Å². The molecular formula is C28H24ClF2NO3. The zero-order chi connectivity index (χ0) is 25.1. The molecule has 4 nitrogen and oxygen atoms in total. The fraction of sp³-hybridized carbons (Fsp3) is 0.214. The number of ether oxygens (including phenoxy) is 1. The van der Waals surface area contributed by atoms with Gasteiger partial charge < -0.3 is 10.1 Å². The summed E-state index contributed by atoms with van der Waals surface area (Å²) in [6, 6.07) is 22.4. The molecule has 4 rings (SSSR count). The second-order valence-electron chi connectivity index (χ2n) is 8.37. The molecule has 0 heterocycles. The summed E-state index contributed by atoms with van der Waals surface area (Å²) in [7, 11) is 0. The molecule has 0 aromatic heterocycles. The van der Waals surface area contributed by atoms with Gasteiger partial charge >= 0.3 is 11.9 Å². The van der Waals surface area contributed by atoms with Crippen LogP contribution in [0.3, 0.4) is 0 Å². The highest BCUT2D eigenvalue weighted by Crippen LogP contribution is 2.45. The number of esters is 1. The maximum absolute atomic E-state index is 15.2. The van der Waals surface area contributed by atoms with Crippen LogP contribution in [0.15, 0.2) is 91.0 Å². The molecule has 0 fully saturated rings. The molecule has 0 radical (unpaired) electrons. The van der Waals surface area contributed by atoms with Crippen LogP contribution in [0.4, 0.5) is 14.5 Å². The largest absolute Gasteiger partial charge is 0.462 e. The summed E-state index contributed by atoms with van der Waals surface area (Å²) < 4.78 is 35.0. The van der Waals surface area contributed by atoms with Gasteiger partial charge in [-0.1, -0.05) is 72.3 Å². The lowest BCUT2D eigenvalue weighted by molar-refractivity contribution is -0.174. The van der Waals surface area contributed by atoms with Gasteiger partial charge in [-0.3, -0.25) is 4.79 Å². The summed E-state index contributed by atoms with van der Waals surface area (Å²) in [5.41, 5.74) is 1.08. The van der Waals surface area contributed by atoms with Crippen LogP contribution in [0.5, 0.6) is 0 Å². The number of benzene rings is 3. The number of halogens is 3. The van der Waals surface area contributed by atoms with Gasteiger partial charge in [0.15, 0.2) is 5.78 Å². The maximum atomic E-state index is 15.2. The van der Waals surface area contributed by atoms with Crippen molar-refractivity contribution in [1.29, 1.82) is 0 Å². The molecule has 0 saturated carbocycles. The monoisotopic (exact) mass is 495 g/mol. The Bertz CT molecular complexity index is 1230. The van der Waals surface area contributed by atoms with Gasteiger partial charge in [0.05, 0.1) is 18.1 Å². The van der Waals surface area contributed by atoms with Crippen molar-refractivity contribution in [1.82, 2.24) is 0 Å². The van der Waals surface area contributed by atoms with Crippen molar-refractivity contribution in [2.45, 2.75) is 30.7 Å². The van der Waals surface area contributed by atoms with Crippen molar-refractivity contribution in [3.63, 3.8) is 0 Å². The number of alkyl halides is 2. The summed E-state index contributed by atoms with van der Waals surface area (Å²) in [6.45, 7) is 1.27. The standard InChI is InChI=1S/C28H24ClF2NO3/c1-2-35-26(34)28(30,31)18-27(21-10-8-20(9-11-21)19-6-4-3-5-7-19)24(16-17-25(27)33)32-23-14-12-22(29)13-15-23/h3-17,24,32H,2,18H2,1H3/t24-,27-/m1/s1. The number of ketones is 1. The van der Waals surface area contributed by atoms with Gasteiger partial charge in [0.1, 0.15) is 0 Å². The normalized spacial score (nSPS) is 19.5. The van der Waals surface area contributed by atoms with Crippen LogP contribution in [0.1, 0.15) is 18.9 Å². The van der Waals surface area contributed by atoms with Crippen molar-refractivity contribution in [2.24, 2.45) is 0 Å². The highest BCUT2D eigenvalue weighted by molar-refractivity contribution is 6.30. The second-order valence-corrected chi connectivity index (χ2v) is 8.81. The minimum atomic E-state index is -3.88. The van der Waals surface area contributed by atoms with Crippen LogP contribution >= 0.6 is 11.6 Å². The van der Waals surface area contributed by atoms with E-state index in [2.05, 4.69) is 10.1 Å². The molecule has 2 atom stereocenters. The van der Waals surface area contributed by atoms with Crippen LogP contribution in [0, 0.1) is 0 Å². The molecular weight excluding hydrogens is 472 g/mol. The van der Waals surface area contributed by atoms with E-state index in [0.29, 0.717) is 16.3 Å². The van der Waals surface area contributed by atoms with E-state index < -0.39 is 35.6 Å². The van der Waals surface area contributed by atoms with Gasteiger partial charge in [0.25, 0.3) is 0 Å². The van der Waals surface area contributed by atoms with Crippen LogP contribution < -0.4 is 5.32 Å². The van der Waals surface area contributed by atoms with Gasteiger partial charge in [-0.2, -0.15) is 8.78 Å². The minimum absolute atomic E-state index is 0.189. The van der Waals surface area contributed by atoms with Crippen LogP contribution in [0.25, 0.3) is 11.1 Å². The first-order valence-corrected chi connectivity index (χ1v) is 11.6. The van der Waals surface area contributed by atoms with E-state index in [4.69, 9.17) is 11.6 Å². The fourth-order valence-electron chi connectivity index (χ4n) is 4.42. The molecule has 3 aromatic rings. The highest BCUT2D eigenvalue weighted by atomic mass is 35.5. The first kappa shape index (κ1) is 24.6. The number of carbonyl (C=O) groups excluding carboxylic acids is 2. The smallest absolute Gasteiger partial charge is 0.377 e. The van der Waals surface area contributed by atoms with Crippen molar-refractivity contribution < 1.29 is 23.1 Å². The van der Waals surface area contributed by atoms with E-state index in [-0.39, 0.29) is 6.61 Å². The molecule has 0 spiro atoms. The predicted octanol–water partition coefficient (Wildman–Crippen LogP) is 6.45. The molecule has 0 aliphatic heterocycles. The average molecular weight is 496 g/mol. The first-order chi connectivity index (χ1) is 16.8. The number of carbonyl (C=O) groups is 2. The summed E-state index contributed by atoms with van der Waals surface area (Å²) >= 11 is 5.97. The lowest BCUT2D eigenvalue weighted by Crippen LogP contribution is -2.51. The first-order valence-electron chi connectivity index (χ1n) is 11.2. The average Bonchev–Trinajstić information content (AvgIpc) is 3.16. The van der Waals surface area contributed by atoms with Gasteiger partial charge in [-0.15, -0.1) is 0 Å². The van der Waals surface area contributed by atoms with E-state index in [1.54, 1.807) is 54.6 Å². The third-order valence-electron chi connectivity index (χ3n) is 6.16. The number of nitrogens with one attached hydrogen (secondary N) is 1. The Morgan fingerprint density at radius 2 is 1.63 bits per heavy atom. The quantitative estimate of drug-likeness (QED) is 0.365. The fourth-order valence-corrected chi connectivity index (χ4v) is 4.54. The number of anilines is 1. The Morgan fingerprint density at radius 1 is 1.00 bits per heavy atom.